The fourth-order valence-electron chi connectivity index (χ4n) is 3.26. The van der Waals surface area contributed by atoms with Gasteiger partial charge in [-0.15, -0.1) is 0 Å². The van der Waals surface area contributed by atoms with Crippen molar-refractivity contribution in [3.05, 3.63) is 33.0 Å². The van der Waals surface area contributed by atoms with E-state index < -0.39 is 0 Å². The topological polar surface area (TPSA) is 43.1 Å². The van der Waals surface area contributed by atoms with Crippen molar-refractivity contribution in [3.63, 3.8) is 0 Å². The molecule has 0 atom stereocenters. The first-order chi connectivity index (χ1) is 9.29. The molecule has 0 radical (unpaired) electrons. The monoisotopic (exact) mass is 263 g/mol. The van der Waals surface area contributed by atoms with Gasteiger partial charge in [-0.05, 0) is 50.5 Å². The van der Waals surface area contributed by atoms with Gasteiger partial charge in [0.05, 0.1) is 4.92 Å². The molecule has 0 aromatic rings. The molecule has 19 heavy (non-hydrogen) atoms. The Balaban J connectivity index is 2.27. The Morgan fingerprint density at radius 1 is 0.842 bits per heavy atom. The third-order valence-electron chi connectivity index (χ3n) is 4.34. The van der Waals surface area contributed by atoms with Crippen LogP contribution in [-0.4, -0.2) is 4.92 Å². The Hall–Kier alpha value is -1.12. The Bertz CT molecular complexity index is 382. The second-order valence-corrected chi connectivity index (χ2v) is 5.78. The summed E-state index contributed by atoms with van der Waals surface area (Å²) in [6.07, 6.45) is 15.5. The van der Waals surface area contributed by atoms with Crippen molar-refractivity contribution in [3.8, 4) is 0 Å². The summed E-state index contributed by atoms with van der Waals surface area (Å²) < 4.78 is 0. The summed E-state index contributed by atoms with van der Waals surface area (Å²) in [6.45, 7) is 0. The second-order valence-electron chi connectivity index (χ2n) is 5.78. The van der Waals surface area contributed by atoms with Crippen LogP contribution in [0.25, 0.3) is 0 Å². The van der Waals surface area contributed by atoms with Crippen LogP contribution in [0.3, 0.4) is 0 Å². The largest absolute Gasteiger partial charge is 0.259 e. The van der Waals surface area contributed by atoms with Gasteiger partial charge < -0.3 is 0 Å². The van der Waals surface area contributed by atoms with E-state index in [0.717, 1.165) is 44.1 Å². The average molecular weight is 263 g/mol. The highest BCUT2D eigenvalue weighted by molar-refractivity contribution is 5.33. The third-order valence-corrected chi connectivity index (χ3v) is 4.34. The van der Waals surface area contributed by atoms with E-state index in [1.165, 1.54) is 37.7 Å². The molecule has 0 spiro atoms. The van der Waals surface area contributed by atoms with Crippen molar-refractivity contribution >= 4 is 0 Å². The van der Waals surface area contributed by atoms with Crippen LogP contribution in [0, 0.1) is 10.1 Å². The molecule has 0 heterocycles. The van der Waals surface area contributed by atoms with E-state index in [2.05, 4.69) is 6.08 Å². The zero-order chi connectivity index (χ0) is 13.5. The summed E-state index contributed by atoms with van der Waals surface area (Å²) >= 11 is 0. The lowest BCUT2D eigenvalue weighted by Gasteiger charge is -2.17. The normalized spacial score (nSPS) is 29.4. The van der Waals surface area contributed by atoms with Crippen molar-refractivity contribution < 1.29 is 4.92 Å². The Morgan fingerprint density at radius 3 is 2.21 bits per heavy atom. The first kappa shape index (κ1) is 14.3. The Kier molecular flexibility index (Phi) is 5.62. The minimum absolute atomic E-state index is 0.111. The summed E-state index contributed by atoms with van der Waals surface area (Å²) in [4.78, 5) is 11.2. The lowest BCUT2D eigenvalue weighted by atomic mass is 9.88. The summed E-state index contributed by atoms with van der Waals surface area (Å²) in [5, 5.41) is 11.3. The van der Waals surface area contributed by atoms with E-state index in [0.29, 0.717) is 12.1 Å². The van der Waals surface area contributed by atoms with Crippen molar-refractivity contribution in [2.75, 3.05) is 0 Å². The highest BCUT2D eigenvalue weighted by atomic mass is 16.6. The molecule has 0 bridgehead atoms. The van der Waals surface area contributed by atoms with E-state index >= 15 is 0 Å². The van der Waals surface area contributed by atoms with Gasteiger partial charge in [-0.3, -0.25) is 10.1 Å². The minimum atomic E-state index is -0.111. The van der Waals surface area contributed by atoms with Crippen molar-refractivity contribution in [2.45, 2.75) is 77.0 Å². The van der Waals surface area contributed by atoms with Gasteiger partial charge >= 0.3 is 0 Å². The summed E-state index contributed by atoms with van der Waals surface area (Å²) in [5.41, 5.74) is 2.91. The maximum Gasteiger partial charge on any atom is 0.249 e. The SMILES string of the molecule is O=[N+]([O-])/C1=C(\C2=C\CCCCCC2)CCCCCC1. The van der Waals surface area contributed by atoms with Gasteiger partial charge in [-0.25, -0.2) is 0 Å². The number of hydrogen-bond acceptors (Lipinski definition) is 2. The van der Waals surface area contributed by atoms with Gasteiger partial charge in [0.2, 0.25) is 5.70 Å². The molecule has 3 nitrogen and oxygen atoms in total. The number of nitro groups is 1. The van der Waals surface area contributed by atoms with Crippen LogP contribution in [0.15, 0.2) is 22.9 Å². The summed E-state index contributed by atoms with van der Waals surface area (Å²) in [7, 11) is 0. The van der Waals surface area contributed by atoms with Gasteiger partial charge in [0.25, 0.3) is 0 Å². The van der Waals surface area contributed by atoms with Gasteiger partial charge in [-0.1, -0.05) is 31.8 Å². The molecular weight excluding hydrogens is 238 g/mol. The quantitative estimate of drug-likeness (QED) is 0.510. The fourth-order valence-corrected chi connectivity index (χ4v) is 3.26. The molecule has 0 saturated heterocycles. The van der Waals surface area contributed by atoms with Crippen LogP contribution in [0.4, 0.5) is 0 Å². The van der Waals surface area contributed by atoms with Crippen LogP contribution < -0.4 is 0 Å². The zero-order valence-corrected chi connectivity index (χ0v) is 11.8. The first-order valence-electron chi connectivity index (χ1n) is 7.85. The van der Waals surface area contributed by atoms with Crippen molar-refractivity contribution in [2.24, 2.45) is 0 Å². The van der Waals surface area contributed by atoms with E-state index in [-0.39, 0.29) is 4.92 Å². The molecule has 3 heteroatoms. The number of nitrogens with zero attached hydrogens (tertiary/aromatic N) is 1. The smallest absolute Gasteiger partial charge is 0.249 e. The van der Waals surface area contributed by atoms with Gasteiger partial charge in [0.1, 0.15) is 0 Å². The maximum absolute atomic E-state index is 11.3. The van der Waals surface area contributed by atoms with E-state index in [1.807, 2.05) is 0 Å². The molecule has 0 aromatic heterocycles. The lowest BCUT2D eigenvalue weighted by Crippen LogP contribution is -2.08. The van der Waals surface area contributed by atoms with E-state index in [9.17, 15) is 10.1 Å². The molecule has 2 aliphatic carbocycles. The number of allylic oxidation sites excluding steroid dienone is 4. The minimum Gasteiger partial charge on any atom is -0.259 e. The third kappa shape index (κ3) is 4.19. The Morgan fingerprint density at radius 2 is 1.47 bits per heavy atom. The maximum atomic E-state index is 11.3. The zero-order valence-electron chi connectivity index (χ0n) is 11.8. The number of hydrogen-bond donors (Lipinski definition) is 0. The van der Waals surface area contributed by atoms with E-state index in [1.54, 1.807) is 0 Å². The molecule has 2 rings (SSSR count). The van der Waals surface area contributed by atoms with Gasteiger partial charge in [0.15, 0.2) is 0 Å². The highest BCUT2D eigenvalue weighted by Gasteiger charge is 2.22. The molecule has 0 unspecified atom stereocenters. The molecule has 2 aliphatic rings. The van der Waals surface area contributed by atoms with Gasteiger partial charge in [-0.2, -0.15) is 0 Å². The number of rotatable bonds is 2. The van der Waals surface area contributed by atoms with Crippen molar-refractivity contribution in [1.82, 2.24) is 0 Å². The standard InChI is InChI=1S/C16H25NO2/c18-17(19)16-13-9-5-4-8-12-15(16)14-10-6-2-1-3-7-11-14/h10H,1-9,11-13H2/b14-10+,16-15-. The molecule has 0 amide bonds. The average Bonchev–Trinajstić information content (AvgIpc) is 2.29. The van der Waals surface area contributed by atoms with Crippen LogP contribution in [0.5, 0.6) is 0 Å². The molecule has 0 fully saturated rings. The molecule has 0 saturated carbocycles. The van der Waals surface area contributed by atoms with Crippen LogP contribution >= 0.6 is 0 Å². The fraction of sp³-hybridized carbons (Fsp3) is 0.750. The van der Waals surface area contributed by atoms with Crippen molar-refractivity contribution in [1.29, 1.82) is 0 Å². The molecule has 0 N–H and O–H groups in total. The Labute approximate surface area is 115 Å². The predicted octanol–water partition coefficient (Wildman–Crippen LogP) is 5.15. The van der Waals surface area contributed by atoms with Gasteiger partial charge in [0, 0.05) is 12.0 Å². The van der Waals surface area contributed by atoms with E-state index in [4.69, 9.17) is 0 Å². The molecule has 0 aliphatic heterocycles. The summed E-state index contributed by atoms with van der Waals surface area (Å²) in [5.74, 6) is 0. The van der Waals surface area contributed by atoms with Crippen LogP contribution in [0.2, 0.25) is 0 Å². The first-order valence-corrected chi connectivity index (χ1v) is 7.85. The van der Waals surface area contributed by atoms with Crippen LogP contribution in [0.1, 0.15) is 77.0 Å². The van der Waals surface area contributed by atoms with Crippen LogP contribution in [-0.2, 0) is 0 Å². The summed E-state index contributed by atoms with van der Waals surface area (Å²) in [6, 6.07) is 0. The molecule has 0 aromatic carbocycles. The lowest BCUT2D eigenvalue weighted by molar-refractivity contribution is -0.429. The predicted molar refractivity (Wildman–Crippen MR) is 77.5 cm³/mol. The molecular formula is C16H25NO2. The molecule has 106 valence electrons. The second kappa shape index (κ2) is 7.46. The highest BCUT2D eigenvalue weighted by Crippen LogP contribution is 2.32.